The van der Waals surface area contributed by atoms with Crippen molar-refractivity contribution in [3.8, 4) is 11.4 Å². The summed E-state index contributed by atoms with van der Waals surface area (Å²) in [5.41, 5.74) is 3.86. The average Bonchev–Trinajstić information content (AvgIpc) is 3.21. The molecule has 0 radical (unpaired) electrons. The number of aromatic nitrogens is 3. The number of fused-ring (bicyclic) bond motifs is 1. The van der Waals surface area contributed by atoms with Crippen molar-refractivity contribution in [2.45, 2.75) is 0 Å². The second-order valence-corrected chi connectivity index (χ2v) is 6.64. The summed E-state index contributed by atoms with van der Waals surface area (Å²) < 4.78 is 0.486. The molecule has 0 spiro atoms. The van der Waals surface area contributed by atoms with Gasteiger partial charge in [0.2, 0.25) is 0 Å². The number of benzene rings is 1. The van der Waals surface area contributed by atoms with Gasteiger partial charge in [0.15, 0.2) is 0 Å². The number of halogens is 1. The minimum Gasteiger partial charge on any atom is -0.337 e. The van der Waals surface area contributed by atoms with Crippen molar-refractivity contribution in [3.63, 3.8) is 0 Å². The van der Waals surface area contributed by atoms with Crippen LogP contribution in [0.1, 0.15) is 10.4 Å². The lowest BCUT2D eigenvalue weighted by atomic mass is 10.2. The maximum absolute atomic E-state index is 12.2. The highest BCUT2D eigenvalue weighted by atomic mass is 35.5. The van der Waals surface area contributed by atoms with Crippen molar-refractivity contribution in [2.75, 3.05) is 5.32 Å². The molecule has 1 aromatic carbocycles. The minimum absolute atomic E-state index is 0.219. The SMILES string of the molecule is O=C(Nc1ccc(-c2nc3ccncc3[nH]2)cc1)c1ccsc1Cl. The normalized spacial score (nSPS) is 10.9. The van der Waals surface area contributed by atoms with Crippen LogP contribution in [0.15, 0.2) is 54.2 Å². The van der Waals surface area contributed by atoms with Gasteiger partial charge in [-0.3, -0.25) is 9.78 Å². The van der Waals surface area contributed by atoms with E-state index in [2.05, 4.69) is 20.3 Å². The highest BCUT2D eigenvalue weighted by molar-refractivity contribution is 7.14. The number of hydrogen-bond donors (Lipinski definition) is 2. The fraction of sp³-hybridized carbons (Fsp3) is 0. The molecular formula is C17H11ClN4OS. The molecular weight excluding hydrogens is 344 g/mol. The number of aromatic amines is 1. The molecule has 24 heavy (non-hydrogen) atoms. The Hall–Kier alpha value is -2.70. The topological polar surface area (TPSA) is 70.7 Å². The summed E-state index contributed by atoms with van der Waals surface area (Å²) in [6, 6.07) is 11.0. The van der Waals surface area contributed by atoms with Crippen molar-refractivity contribution in [2.24, 2.45) is 0 Å². The molecule has 3 heterocycles. The second kappa shape index (κ2) is 6.07. The van der Waals surface area contributed by atoms with E-state index in [-0.39, 0.29) is 5.91 Å². The van der Waals surface area contributed by atoms with Gasteiger partial charge in [-0.15, -0.1) is 11.3 Å². The van der Waals surface area contributed by atoms with Gasteiger partial charge in [0.05, 0.1) is 22.8 Å². The zero-order valence-corrected chi connectivity index (χ0v) is 13.9. The third kappa shape index (κ3) is 2.77. The maximum atomic E-state index is 12.2. The predicted molar refractivity (Wildman–Crippen MR) is 96.6 cm³/mol. The summed E-state index contributed by atoms with van der Waals surface area (Å²) in [6.45, 7) is 0. The van der Waals surface area contributed by atoms with Gasteiger partial charge in [-0.1, -0.05) is 11.6 Å². The quantitative estimate of drug-likeness (QED) is 0.565. The first-order valence-corrected chi connectivity index (χ1v) is 8.41. The third-order valence-electron chi connectivity index (χ3n) is 3.56. The summed E-state index contributed by atoms with van der Waals surface area (Å²) in [6.07, 6.45) is 3.45. The fourth-order valence-corrected chi connectivity index (χ4v) is 3.27. The molecule has 0 bridgehead atoms. The van der Waals surface area contributed by atoms with Gasteiger partial charge >= 0.3 is 0 Å². The molecule has 1 amide bonds. The lowest BCUT2D eigenvalue weighted by Gasteiger charge is -2.05. The van der Waals surface area contributed by atoms with Crippen LogP contribution in [0.2, 0.25) is 4.34 Å². The van der Waals surface area contributed by atoms with Crippen LogP contribution < -0.4 is 5.32 Å². The lowest BCUT2D eigenvalue weighted by molar-refractivity contribution is 0.102. The van der Waals surface area contributed by atoms with E-state index in [1.54, 1.807) is 23.8 Å². The standard InChI is InChI=1S/C17H11ClN4OS/c18-15-12(6-8-24-15)17(23)20-11-3-1-10(2-4-11)16-21-13-5-7-19-9-14(13)22-16/h1-9H,(H,20,23)(H,21,22). The van der Waals surface area contributed by atoms with Gasteiger partial charge in [0.25, 0.3) is 5.91 Å². The van der Waals surface area contributed by atoms with Gasteiger partial charge in [-0.05, 0) is 41.8 Å². The Kier molecular flexibility index (Phi) is 3.76. The Labute approximate surface area is 146 Å². The van der Waals surface area contributed by atoms with Crippen LogP contribution in [0, 0.1) is 0 Å². The molecule has 3 aromatic heterocycles. The van der Waals surface area contributed by atoms with Crippen molar-refractivity contribution in [3.05, 3.63) is 64.1 Å². The first-order valence-electron chi connectivity index (χ1n) is 7.15. The number of amides is 1. The summed E-state index contributed by atoms with van der Waals surface area (Å²) >= 11 is 7.32. The van der Waals surface area contributed by atoms with E-state index in [0.29, 0.717) is 15.6 Å². The fourth-order valence-electron chi connectivity index (χ4n) is 2.36. The number of carbonyl (C=O) groups excluding carboxylic acids is 1. The summed E-state index contributed by atoms with van der Waals surface area (Å²) in [5, 5.41) is 4.62. The predicted octanol–water partition coefficient (Wildman–Crippen LogP) is 4.59. The number of rotatable bonds is 3. The number of H-pyrrole nitrogens is 1. The van der Waals surface area contributed by atoms with Crippen molar-refractivity contribution < 1.29 is 4.79 Å². The number of hydrogen-bond acceptors (Lipinski definition) is 4. The molecule has 0 fully saturated rings. The zero-order valence-electron chi connectivity index (χ0n) is 12.3. The van der Waals surface area contributed by atoms with Gasteiger partial charge in [0.1, 0.15) is 10.2 Å². The third-order valence-corrected chi connectivity index (χ3v) is 4.73. The average molecular weight is 355 g/mol. The first kappa shape index (κ1) is 14.9. The van der Waals surface area contributed by atoms with Gasteiger partial charge in [0, 0.05) is 17.4 Å². The molecule has 0 aliphatic carbocycles. The number of carbonyl (C=O) groups is 1. The van der Waals surface area contributed by atoms with Gasteiger partial charge in [-0.2, -0.15) is 0 Å². The van der Waals surface area contributed by atoms with Crippen molar-refractivity contribution in [1.29, 1.82) is 0 Å². The molecule has 0 aliphatic heterocycles. The minimum atomic E-state index is -0.219. The van der Waals surface area contributed by atoms with E-state index < -0.39 is 0 Å². The molecule has 0 saturated heterocycles. The summed E-state index contributed by atoms with van der Waals surface area (Å²) in [4.78, 5) is 24.0. The second-order valence-electron chi connectivity index (χ2n) is 5.12. The van der Waals surface area contributed by atoms with E-state index >= 15 is 0 Å². The first-order chi connectivity index (χ1) is 11.7. The Morgan fingerprint density at radius 1 is 1.17 bits per heavy atom. The Balaban J connectivity index is 1.56. The smallest absolute Gasteiger partial charge is 0.258 e. The van der Waals surface area contributed by atoms with E-state index in [1.807, 2.05) is 30.3 Å². The molecule has 118 valence electrons. The summed E-state index contributed by atoms with van der Waals surface area (Å²) in [5.74, 6) is 0.542. The number of anilines is 1. The van der Waals surface area contributed by atoms with E-state index in [4.69, 9.17) is 11.6 Å². The van der Waals surface area contributed by atoms with E-state index in [9.17, 15) is 4.79 Å². The molecule has 7 heteroatoms. The molecule has 0 saturated carbocycles. The number of nitrogens with zero attached hydrogens (tertiary/aromatic N) is 2. The molecule has 0 atom stereocenters. The lowest BCUT2D eigenvalue weighted by Crippen LogP contribution is -2.11. The van der Waals surface area contributed by atoms with Crippen molar-refractivity contribution >= 4 is 45.6 Å². The highest BCUT2D eigenvalue weighted by Gasteiger charge is 2.12. The number of pyridine rings is 1. The Morgan fingerprint density at radius 3 is 2.71 bits per heavy atom. The molecule has 2 N–H and O–H groups in total. The Bertz CT molecular complexity index is 989. The van der Waals surface area contributed by atoms with Gasteiger partial charge in [-0.25, -0.2) is 4.98 Å². The van der Waals surface area contributed by atoms with Crippen LogP contribution in [-0.2, 0) is 0 Å². The van der Waals surface area contributed by atoms with E-state index in [0.717, 1.165) is 22.4 Å². The number of nitrogens with one attached hydrogen (secondary N) is 2. The number of thiophene rings is 1. The van der Waals surface area contributed by atoms with Crippen LogP contribution in [0.4, 0.5) is 5.69 Å². The molecule has 5 nitrogen and oxygen atoms in total. The largest absolute Gasteiger partial charge is 0.337 e. The van der Waals surface area contributed by atoms with Crippen LogP contribution in [-0.4, -0.2) is 20.9 Å². The summed E-state index contributed by atoms with van der Waals surface area (Å²) in [7, 11) is 0. The van der Waals surface area contributed by atoms with Crippen LogP contribution in [0.25, 0.3) is 22.4 Å². The highest BCUT2D eigenvalue weighted by Crippen LogP contribution is 2.25. The van der Waals surface area contributed by atoms with Gasteiger partial charge < -0.3 is 10.3 Å². The van der Waals surface area contributed by atoms with Crippen LogP contribution >= 0.6 is 22.9 Å². The zero-order chi connectivity index (χ0) is 16.5. The maximum Gasteiger partial charge on any atom is 0.258 e. The van der Waals surface area contributed by atoms with Crippen LogP contribution in [0.3, 0.4) is 0 Å². The monoisotopic (exact) mass is 354 g/mol. The van der Waals surface area contributed by atoms with E-state index in [1.165, 1.54) is 11.3 Å². The molecule has 0 aliphatic rings. The molecule has 4 rings (SSSR count). The van der Waals surface area contributed by atoms with Crippen molar-refractivity contribution in [1.82, 2.24) is 15.0 Å². The molecule has 0 unspecified atom stereocenters. The molecule has 4 aromatic rings. The Morgan fingerprint density at radius 2 is 2.00 bits per heavy atom. The number of imidazole rings is 1. The van der Waals surface area contributed by atoms with Crippen LogP contribution in [0.5, 0.6) is 0 Å².